The topological polar surface area (TPSA) is 61.4 Å². The van der Waals surface area contributed by atoms with Gasteiger partial charge in [0.05, 0.1) is 0 Å². The van der Waals surface area contributed by atoms with E-state index in [0.717, 1.165) is 18.4 Å². The Bertz CT molecular complexity index is 577. The van der Waals surface area contributed by atoms with Crippen LogP contribution in [0.5, 0.6) is 0 Å². The fraction of sp³-hybridized carbons (Fsp3) is 0.556. The lowest BCUT2D eigenvalue weighted by molar-refractivity contribution is -0.124. The third-order valence-corrected chi connectivity index (χ3v) is 4.06. The van der Waals surface area contributed by atoms with Gasteiger partial charge in [0, 0.05) is 19.1 Å². The number of nitrogens with zero attached hydrogens (tertiary/aromatic N) is 1. The highest BCUT2D eigenvalue weighted by Gasteiger charge is 2.33. The van der Waals surface area contributed by atoms with E-state index < -0.39 is 6.04 Å². The van der Waals surface area contributed by atoms with Gasteiger partial charge in [0.25, 0.3) is 0 Å². The van der Waals surface area contributed by atoms with Crippen molar-refractivity contribution in [3.63, 3.8) is 0 Å². The van der Waals surface area contributed by atoms with Crippen LogP contribution in [0.25, 0.3) is 0 Å². The maximum Gasteiger partial charge on any atom is 0.318 e. The fourth-order valence-electron chi connectivity index (χ4n) is 2.93. The van der Waals surface area contributed by atoms with Crippen molar-refractivity contribution < 1.29 is 14.0 Å². The SMILES string of the molecule is CC(C)NC(=O)N1CCC[C@H]1C(=O)NCCCc1cccc(F)c1. The maximum absolute atomic E-state index is 13.1. The van der Waals surface area contributed by atoms with Crippen LogP contribution in [0.4, 0.5) is 9.18 Å². The third-order valence-electron chi connectivity index (χ3n) is 4.06. The fourth-order valence-corrected chi connectivity index (χ4v) is 2.93. The van der Waals surface area contributed by atoms with Crippen molar-refractivity contribution in [3.05, 3.63) is 35.6 Å². The van der Waals surface area contributed by atoms with Crippen molar-refractivity contribution >= 4 is 11.9 Å². The lowest BCUT2D eigenvalue weighted by Gasteiger charge is -2.25. The molecule has 1 aliphatic rings. The van der Waals surface area contributed by atoms with Gasteiger partial charge in [0.2, 0.25) is 5.91 Å². The Hall–Kier alpha value is -2.11. The normalized spacial score (nSPS) is 17.2. The zero-order valence-electron chi connectivity index (χ0n) is 14.3. The molecule has 3 amide bonds. The molecule has 0 bridgehead atoms. The Kier molecular flexibility index (Phi) is 6.58. The summed E-state index contributed by atoms with van der Waals surface area (Å²) in [5, 5.41) is 5.73. The molecule has 1 aromatic rings. The zero-order valence-corrected chi connectivity index (χ0v) is 14.3. The molecule has 132 valence electrons. The number of rotatable bonds is 6. The molecule has 1 aliphatic heterocycles. The molecule has 6 heteroatoms. The van der Waals surface area contributed by atoms with E-state index in [1.807, 2.05) is 19.9 Å². The number of amides is 3. The van der Waals surface area contributed by atoms with E-state index in [1.54, 1.807) is 11.0 Å². The maximum atomic E-state index is 13.1. The van der Waals surface area contributed by atoms with Crippen molar-refractivity contribution in [2.45, 2.75) is 51.6 Å². The van der Waals surface area contributed by atoms with Crippen molar-refractivity contribution in [2.75, 3.05) is 13.1 Å². The van der Waals surface area contributed by atoms with Gasteiger partial charge in [-0.15, -0.1) is 0 Å². The number of hydrogen-bond acceptors (Lipinski definition) is 2. The van der Waals surface area contributed by atoms with E-state index in [2.05, 4.69) is 10.6 Å². The summed E-state index contributed by atoms with van der Waals surface area (Å²) >= 11 is 0. The van der Waals surface area contributed by atoms with Gasteiger partial charge in [-0.25, -0.2) is 9.18 Å². The molecule has 1 saturated heterocycles. The van der Waals surface area contributed by atoms with Gasteiger partial charge >= 0.3 is 6.03 Å². The minimum atomic E-state index is -0.391. The van der Waals surface area contributed by atoms with Gasteiger partial charge in [-0.3, -0.25) is 4.79 Å². The minimum Gasteiger partial charge on any atom is -0.354 e. The summed E-state index contributed by atoms with van der Waals surface area (Å²) < 4.78 is 13.1. The van der Waals surface area contributed by atoms with Crippen LogP contribution in [0.1, 0.15) is 38.7 Å². The Morgan fingerprint density at radius 1 is 1.38 bits per heavy atom. The second-order valence-electron chi connectivity index (χ2n) is 6.48. The highest BCUT2D eigenvalue weighted by molar-refractivity contribution is 5.87. The molecule has 2 N–H and O–H groups in total. The predicted molar refractivity (Wildman–Crippen MR) is 91.1 cm³/mol. The first-order chi connectivity index (χ1) is 11.5. The molecule has 0 unspecified atom stereocenters. The second-order valence-corrected chi connectivity index (χ2v) is 6.48. The molecule has 1 aromatic carbocycles. The Labute approximate surface area is 142 Å². The number of urea groups is 1. The molecule has 0 aromatic heterocycles. The Morgan fingerprint density at radius 3 is 2.88 bits per heavy atom. The van der Waals surface area contributed by atoms with Crippen LogP contribution in [0.2, 0.25) is 0 Å². The van der Waals surface area contributed by atoms with E-state index in [4.69, 9.17) is 0 Å². The lowest BCUT2D eigenvalue weighted by Crippen LogP contribution is -2.50. The number of benzene rings is 1. The molecule has 0 aliphatic carbocycles. The summed E-state index contributed by atoms with van der Waals surface area (Å²) in [5.74, 6) is -0.347. The molecule has 5 nitrogen and oxygen atoms in total. The molecule has 2 rings (SSSR count). The van der Waals surface area contributed by atoms with Crippen LogP contribution in [0.3, 0.4) is 0 Å². The van der Waals surface area contributed by atoms with Crippen molar-refractivity contribution in [1.82, 2.24) is 15.5 Å². The summed E-state index contributed by atoms with van der Waals surface area (Å²) in [6, 6.07) is 5.97. The summed E-state index contributed by atoms with van der Waals surface area (Å²) in [5.41, 5.74) is 0.919. The van der Waals surface area contributed by atoms with Crippen LogP contribution in [0.15, 0.2) is 24.3 Å². The quantitative estimate of drug-likeness (QED) is 0.785. The number of nitrogens with one attached hydrogen (secondary N) is 2. The number of likely N-dealkylation sites (tertiary alicyclic amines) is 1. The largest absolute Gasteiger partial charge is 0.354 e. The van der Waals surface area contributed by atoms with E-state index in [9.17, 15) is 14.0 Å². The second kappa shape index (κ2) is 8.66. The van der Waals surface area contributed by atoms with Gasteiger partial charge in [-0.1, -0.05) is 12.1 Å². The van der Waals surface area contributed by atoms with Crippen molar-refractivity contribution in [2.24, 2.45) is 0 Å². The average Bonchev–Trinajstić information content (AvgIpc) is 3.00. The smallest absolute Gasteiger partial charge is 0.318 e. The van der Waals surface area contributed by atoms with Gasteiger partial charge in [0.15, 0.2) is 0 Å². The number of aryl methyl sites for hydroxylation is 1. The van der Waals surface area contributed by atoms with Crippen LogP contribution in [-0.2, 0) is 11.2 Å². The predicted octanol–water partition coefficient (Wildman–Crippen LogP) is 2.46. The molecule has 0 spiro atoms. The minimum absolute atomic E-state index is 0.0491. The van der Waals surface area contributed by atoms with E-state index >= 15 is 0 Å². The van der Waals surface area contributed by atoms with E-state index in [0.29, 0.717) is 25.9 Å². The summed E-state index contributed by atoms with van der Waals surface area (Å²) in [6.07, 6.45) is 2.98. The van der Waals surface area contributed by atoms with Crippen molar-refractivity contribution in [1.29, 1.82) is 0 Å². The molecular formula is C18H26FN3O2. The van der Waals surface area contributed by atoms with Crippen molar-refractivity contribution in [3.8, 4) is 0 Å². The highest BCUT2D eigenvalue weighted by atomic mass is 19.1. The molecular weight excluding hydrogens is 309 g/mol. The molecule has 1 atom stereocenters. The molecule has 24 heavy (non-hydrogen) atoms. The number of carbonyl (C=O) groups is 2. The summed E-state index contributed by atoms with van der Waals surface area (Å²) in [6.45, 7) is 4.93. The Morgan fingerprint density at radius 2 is 2.17 bits per heavy atom. The van der Waals surface area contributed by atoms with Crippen LogP contribution >= 0.6 is 0 Å². The molecule has 0 radical (unpaired) electrons. The Balaban J connectivity index is 1.76. The summed E-state index contributed by atoms with van der Waals surface area (Å²) in [4.78, 5) is 26.0. The zero-order chi connectivity index (χ0) is 17.5. The van der Waals surface area contributed by atoms with Gasteiger partial charge in [0.1, 0.15) is 11.9 Å². The lowest BCUT2D eigenvalue weighted by atomic mass is 10.1. The van der Waals surface area contributed by atoms with Gasteiger partial charge < -0.3 is 15.5 Å². The number of hydrogen-bond donors (Lipinski definition) is 2. The van der Waals surface area contributed by atoms with Crippen LogP contribution in [0, 0.1) is 5.82 Å². The molecule has 1 heterocycles. The summed E-state index contributed by atoms with van der Waals surface area (Å²) in [7, 11) is 0. The number of halogens is 1. The molecule has 0 saturated carbocycles. The standard InChI is InChI=1S/C18H26FN3O2/c1-13(2)21-18(24)22-11-5-9-16(22)17(23)20-10-4-7-14-6-3-8-15(19)12-14/h3,6,8,12-13,16H,4-5,7,9-11H2,1-2H3,(H,20,23)(H,21,24)/t16-/m0/s1. The number of carbonyl (C=O) groups excluding carboxylic acids is 2. The first-order valence-corrected chi connectivity index (χ1v) is 8.56. The van der Waals surface area contributed by atoms with E-state index in [-0.39, 0.29) is 23.8 Å². The van der Waals surface area contributed by atoms with Gasteiger partial charge in [-0.2, -0.15) is 0 Å². The van der Waals surface area contributed by atoms with Crippen LogP contribution in [-0.4, -0.2) is 42.0 Å². The third kappa shape index (κ3) is 5.22. The monoisotopic (exact) mass is 335 g/mol. The van der Waals surface area contributed by atoms with Gasteiger partial charge in [-0.05, 0) is 57.2 Å². The van der Waals surface area contributed by atoms with E-state index in [1.165, 1.54) is 12.1 Å². The van der Waals surface area contributed by atoms with Crippen LogP contribution < -0.4 is 10.6 Å². The highest BCUT2D eigenvalue weighted by Crippen LogP contribution is 2.17. The first-order valence-electron chi connectivity index (χ1n) is 8.56. The first kappa shape index (κ1) is 18.2. The molecule has 1 fully saturated rings. The average molecular weight is 335 g/mol.